The predicted octanol–water partition coefficient (Wildman–Crippen LogP) is 1.89. The number of benzene rings is 1. The van der Waals surface area contributed by atoms with E-state index in [1.54, 1.807) is 0 Å². The lowest BCUT2D eigenvalue weighted by molar-refractivity contribution is 0.166. The quantitative estimate of drug-likeness (QED) is 0.929. The first kappa shape index (κ1) is 12.6. The zero-order valence-electron chi connectivity index (χ0n) is 10.3. The molecule has 6 heteroatoms. The number of halogens is 1. The van der Waals surface area contributed by atoms with Gasteiger partial charge < -0.3 is 15.0 Å². The van der Waals surface area contributed by atoms with E-state index < -0.39 is 5.54 Å². The number of aromatic nitrogens is 2. The Bertz CT molecular complexity index is 579. The second-order valence-corrected chi connectivity index (χ2v) is 5.15. The lowest BCUT2D eigenvalue weighted by Crippen LogP contribution is -2.37. The zero-order valence-corrected chi connectivity index (χ0v) is 11.1. The molecule has 0 radical (unpaired) electrons. The van der Waals surface area contributed by atoms with Crippen molar-refractivity contribution < 1.29 is 9.26 Å². The summed E-state index contributed by atoms with van der Waals surface area (Å²) < 4.78 is 10.5. The van der Waals surface area contributed by atoms with Crippen LogP contribution >= 0.6 is 11.6 Å². The fourth-order valence-corrected chi connectivity index (χ4v) is 2.29. The smallest absolute Gasteiger partial charge is 0.249 e. The van der Waals surface area contributed by atoms with Gasteiger partial charge in [-0.05, 0) is 18.1 Å². The standard InChI is InChI=1S/C13H14ClN3O2/c14-10-4-2-1-3-9(10)7-11-16-12(19-17-11)13(15)5-6-18-8-13/h1-4H,5-8,15H2. The summed E-state index contributed by atoms with van der Waals surface area (Å²) in [7, 11) is 0. The summed E-state index contributed by atoms with van der Waals surface area (Å²) in [5, 5.41) is 4.66. The van der Waals surface area contributed by atoms with Crippen molar-refractivity contribution in [3.05, 3.63) is 46.6 Å². The van der Waals surface area contributed by atoms with Crippen molar-refractivity contribution in [2.24, 2.45) is 5.73 Å². The molecule has 1 atom stereocenters. The third-order valence-electron chi connectivity index (χ3n) is 3.25. The molecule has 2 aromatic rings. The van der Waals surface area contributed by atoms with Crippen LogP contribution in [0.15, 0.2) is 28.8 Å². The molecular weight excluding hydrogens is 266 g/mol. The van der Waals surface area contributed by atoms with Crippen LogP contribution in [0.5, 0.6) is 0 Å². The van der Waals surface area contributed by atoms with Gasteiger partial charge in [-0.15, -0.1) is 0 Å². The first-order chi connectivity index (χ1) is 9.17. The van der Waals surface area contributed by atoms with E-state index in [1.165, 1.54) is 0 Å². The topological polar surface area (TPSA) is 74.2 Å². The molecule has 1 aromatic heterocycles. The molecule has 2 N–H and O–H groups in total. The lowest BCUT2D eigenvalue weighted by atomic mass is 10.0. The van der Waals surface area contributed by atoms with Gasteiger partial charge >= 0.3 is 0 Å². The fourth-order valence-electron chi connectivity index (χ4n) is 2.09. The molecule has 1 aromatic carbocycles. The molecule has 19 heavy (non-hydrogen) atoms. The molecule has 5 nitrogen and oxygen atoms in total. The van der Waals surface area contributed by atoms with E-state index in [0.717, 1.165) is 5.56 Å². The molecule has 1 fully saturated rings. The van der Waals surface area contributed by atoms with Gasteiger partial charge in [-0.3, -0.25) is 0 Å². The third-order valence-corrected chi connectivity index (χ3v) is 3.62. The molecule has 0 aliphatic carbocycles. The van der Waals surface area contributed by atoms with Crippen molar-refractivity contribution >= 4 is 11.6 Å². The molecule has 0 amide bonds. The Hall–Kier alpha value is -1.43. The van der Waals surface area contributed by atoms with E-state index in [1.807, 2.05) is 24.3 Å². The van der Waals surface area contributed by atoms with Crippen LogP contribution < -0.4 is 5.73 Å². The van der Waals surface area contributed by atoms with Crippen molar-refractivity contribution in [2.45, 2.75) is 18.4 Å². The molecule has 1 aliphatic heterocycles. The van der Waals surface area contributed by atoms with E-state index in [2.05, 4.69) is 10.1 Å². The molecule has 100 valence electrons. The summed E-state index contributed by atoms with van der Waals surface area (Å²) >= 11 is 6.10. The highest BCUT2D eigenvalue weighted by atomic mass is 35.5. The van der Waals surface area contributed by atoms with Gasteiger partial charge in [0.25, 0.3) is 0 Å². The average Bonchev–Trinajstić information content (AvgIpc) is 3.02. The van der Waals surface area contributed by atoms with Crippen LogP contribution in [-0.2, 0) is 16.7 Å². The summed E-state index contributed by atoms with van der Waals surface area (Å²) in [6, 6.07) is 7.60. The molecule has 1 aliphatic rings. The van der Waals surface area contributed by atoms with Gasteiger partial charge in [-0.1, -0.05) is 35.0 Å². The molecular formula is C13H14ClN3O2. The summed E-state index contributed by atoms with van der Waals surface area (Å²) in [4.78, 5) is 4.36. The van der Waals surface area contributed by atoms with Crippen molar-refractivity contribution in [2.75, 3.05) is 13.2 Å². The lowest BCUT2D eigenvalue weighted by Gasteiger charge is -2.15. The van der Waals surface area contributed by atoms with Gasteiger partial charge in [0, 0.05) is 18.1 Å². The van der Waals surface area contributed by atoms with Gasteiger partial charge in [0.1, 0.15) is 5.54 Å². The summed E-state index contributed by atoms with van der Waals surface area (Å²) in [6.45, 7) is 1.04. The van der Waals surface area contributed by atoms with Crippen molar-refractivity contribution in [1.29, 1.82) is 0 Å². The highest BCUT2D eigenvalue weighted by Crippen LogP contribution is 2.26. The normalized spacial score (nSPS) is 22.8. The molecule has 0 saturated carbocycles. The van der Waals surface area contributed by atoms with Crippen LogP contribution in [-0.4, -0.2) is 23.4 Å². The summed E-state index contributed by atoms with van der Waals surface area (Å²) in [6.07, 6.45) is 1.22. The maximum atomic E-state index is 6.17. The number of rotatable bonds is 3. The Labute approximate surface area is 115 Å². The Morgan fingerprint density at radius 3 is 2.95 bits per heavy atom. The van der Waals surface area contributed by atoms with Crippen LogP contribution in [0, 0.1) is 0 Å². The minimum atomic E-state index is -0.647. The summed E-state index contributed by atoms with van der Waals surface area (Å²) in [5.74, 6) is 1.02. The van der Waals surface area contributed by atoms with Crippen molar-refractivity contribution in [1.82, 2.24) is 10.1 Å². The molecule has 3 rings (SSSR count). The average molecular weight is 280 g/mol. The second kappa shape index (κ2) is 4.92. The molecule has 0 spiro atoms. The summed E-state index contributed by atoms with van der Waals surface area (Å²) in [5.41, 5.74) is 6.49. The minimum absolute atomic E-state index is 0.417. The van der Waals surface area contributed by atoms with Crippen LogP contribution in [0.2, 0.25) is 5.02 Å². The van der Waals surface area contributed by atoms with E-state index in [0.29, 0.717) is 42.8 Å². The first-order valence-electron chi connectivity index (χ1n) is 6.10. The molecule has 1 unspecified atom stereocenters. The van der Waals surface area contributed by atoms with E-state index in [-0.39, 0.29) is 0 Å². The van der Waals surface area contributed by atoms with E-state index >= 15 is 0 Å². The Balaban J connectivity index is 1.80. The van der Waals surface area contributed by atoms with Crippen LogP contribution in [0.4, 0.5) is 0 Å². The minimum Gasteiger partial charge on any atom is -0.379 e. The predicted molar refractivity (Wildman–Crippen MR) is 69.9 cm³/mol. The molecule has 0 bridgehead atoms. The zero-order chi connectivity index (χ0) is 13.3. The highest BCUT2D eigenvalue weighted by Gasteiger charge is 2.38. The van der Waals surface area contributed by atoms with Crippen molar-refractivity contribution in [3.8, 4) is 0 Å². The highest BCUT2D eigenvalue weighted by molar-refractivity contribution is 6.31. The SMILES string of the molecule is NC1(c2nc(Cc3ccccc3Cl)no2)CCOC1. The monoisotopic (exact) mass is 279 g/mol. The van der Waals surface area contributed by atoms with Crippen LogP contribution in [0.3, 0.4) is 0 Å². The van der Waals surface area contributed by atoms with Gasteiger partial charge in [-0.2, -0.15) is 4.98 Å². The van der Waals surface area contributed by atoms with Crippen LogP contribution in [0.25, 0.3) is 0 Å². The van der Waals surface area contributed by atoms with Crippen LogP contribution in [0.1, 0.15) is 23.7 Å². The maximum Gasteiger partial charge on any atom is 0.249 e. The Morgan fingerprint density at radius 2 is 2.21 bits per heavy atom. The van der Waals surface area contributed by atoms with Gasteiger partial charge in [0.2, 0.25) is 5.89 Å². The fraction of sp³-hybridized carbons (Fsp3) is 0.385. The van der Waals surface area contributed by atoms with Crippen molar-refractivity contribution in [3.63, 3.8) is 0 Å². The first-order valence-corrected chi connectivity index (χ1v) is 6.48. The number of nitrogens with zero attached hydrogens (tertiary/aromatic N) is 2. The largest absolute Gasteiger partial charge is 0.379 e. The molecule has 1 saturated heterocycles. The maximum absolute atomic E-state index is 6.17. The number of hydrogen-bond donors (Lipinski definition) is 1. The number of ether oxygens (including phenoxy) is 1. The van der Waals surface area contributed by atoms with Gasteiger partial charge in [-0.25, -0.2) is 0 Å². The van der Waals surface area contributed by atoms with E-state index in [9.17, 15) is 0 Å². The second-order valence-electron chi connectivity index (χ2n) is 4.74. The number of nitrogens with two attached hydrogens (primary N) is 1. The van der Waals surface area contributed by atoms with E-state index in [4.69, 9.17) is 26.6 Å². The third kappa shape index (κ3) is 2.49. The molecule has 2 heterocycles. The Kier molecular flexibility index (Phi) is 3.26. The Morgan fingerprint density at radius 1 is 1.37 bits per heavy atom. The van der Waals surface area contributed by atoms with Gasteiger partial charge in [0.15, 0.2) is 5.82 Å². The number of hydrogen-bond acceptors (Lipinski definition) is 5. The van der Waals surface area contributed by atoms with Gasteiger partial charge in [0.05, 0.1) is 6.61 Å².